The molecule has 0 unspecified atom stereocenters. The van der Waals surface area contributed by atoms with E-state index in [-0.39, 0.29) is 5.78 Å². The van der Waals surface area contributed by atoms with E-state index in [0.717, 1.165) is 17.9 Å². The van der Waals surface area contributed by atoms with E-state index in [1.807, 2.05) is 24.6 Å². The summed E-state index contributed by atoms with van der Waals surface area (Å²) in [5, 5.41) is 4.97. The summed E-state index contributed by atoms with van der Waals surface area (Å²) >= 11 is 6.22. The first-order valence-electron chi connectivity index (χ1n) is 6.48. The van der Waals surface area contributed by atoms with Crippen molar-refractivity contribution in [2.75, 3.05) is 0 Å². The minimum atomic E-state index is 0.0166. The third kappa shape index (κ3) is 3.02. The van der Waals surface area contributed by atoms with E-state index in [9.17, 15) is 4.79 Å². The molecule has 0 aliphatic carbocycles. The van der Waals surface area contributed by atoms with Gasteiger partial charge in [0, 0.05) is 12.1 Å². The molecule has 0 aliphatic rings. The predicted molar refractivity (Wildman–Crippen MR) is 78.4 cm³/mol. The number of halogens is 1. The van der Waals surface area contributed by atoms with Crippen LogP contribution >= 0.6 is 11.6 Å². The Bertz CT molecular complexity index is 635. The Labute approximate surface area is 123 Å². The fourth-order valence-corrected chi connectivity index (χ4v) is 2.15. The second-order valence-electron chi connectivity index (χ2n) is 4.53. The van der Waals surface area contributed by atoms with Crippen molar-refractivity contribution < 1.29 is 9.53 Å². The van der Waals surface area contributed by atoms with Crippen LogP contribution in [0.25, 0.3) is 0 Å². The zero-order valence-electron chi connectivity index (χ0n) is 11.8. The van der Waals surface area contributed by atoms with E-state index < -0.39 is 0 Å². The Balaban J connectivity index is 2.16. The highest BCUT2D eigenvalue weighted by Crippen LogP contribution is 2.22. The molecule has 0 N–H and O–H groups in total. The SMILES string of the molecule is CCn1nc(C)c(Cl)c1COc1cccc(C(C)=O)c1. The highest BCUT2D eigenvalue weighted by atomic mass is 35.5. The molecular weight excluding hydrogens is 276 g/mol. The molecule has 0 fully saturated rings. The normalized spacial score (nSPS) is 10.6. The molecule has 0 bridgehead atoms. The van der Waals surface area contributed by atoms with Gasteiger partial charge in [0.1, 0.15) is 12.4 Å². The number of aryl methyl sites for hydroxylation is 2. The lowest BCUT2D eigenvalue weighted by Crippen LogP contribution is -2.06. The molecule has 1 aromatic heterocycles. The molecule has 20 heavy (non-hydrogen) atoms. The fourth-order valence-electron chi connectivity index (χ4n) is 1.96. The van der Waals surface area contributed by atoms with Crippen molar-refractivity contribution in [3.63, 3.8) is 0 Å². The molecule has 0 saturated carbocycles. The van der Waals surface area contributed by atoms with E-state index in [1.165, 1.54) is 6.92 Å². The number of carbonyl (C=O) groups excluding carboxylic acids is 1. The van der Waals surface area contributed by atoms with Gasteiger partial charge in [-0.25, -0.2) is 0 Å². The van der Waals surface area contributed by atoms with Crippen molar-refractivity contribution in [1.29, 1.82) is 0 Å². The number of hydrogen-bond acceptors (Lipinski definition) is 3. The van der Waals surface area contributed by atoms with Gasteiger partial charge in [0.2, 0.25) is 0 Å². The van der Waals surface area contributed by atoms with Crippen LogP contribution in [0.15, 0.2) is 24.3 Å². The van der Waals surface area contributed by atoms with Crippen LogP contribution < -0.4 is 4.74 Å². The van der Waals surface area contributed by atoms with Gasteiger partial charge >= 0.3 is 0 Å². The van der Waals surface area contributed by atoms with E-state index in [4.69, 9.17) is 16.3 Å². The summed E-state index contributed by atoms with van der Waals surface area (Å²) in [5.74, 6) is 0.665. The second-order valence-corrected chi connectivity index (χ2v) is 4.91. The third-order valence-electron chi connectivity index (χ3n) is 3.07. The Hall–Kier alpha value is -1.81. The lowest BCUT2D eigenvalue weighted by molar-refractivity contribution is 0.101. The molecule has 1 heterocycles. The lowest BCUT2D eigenvalue weighted by Gasteiger charge is -2.09. The molecule has 0 radical (unpaired) electrons. The maximum atomic E-state index is 11.3. The van der Waals surface area contributed by atoms with Crippen LogP contribution in [0.3, 0.4) is 0 Å². The summed E-state index contributed by atoms with van der Waals surface area (Å²) in [6.45, 7) is 6.47. The van der Waals surface area contributed by atoms with Crippen LogP contribution in [-0.4, -0.2) is 15.6 Å². The van der Waals surface area contributed by atoms with Gasteiger partial charge < -0.3 is 4.74 Å². The van der Waals surface area contributed by atoms with Crippen LogP contribution in [-0.2, 0) is 13.2 Å². The monoisotopic (exact) mass is 292 g/mol. The minimum absolute atomic E-state index is 0.0166. The lowest BCUT2D eigenvalue weighted by atomic mass is 10.1. The van der Waals surface area contributed by atoms with Gasteiger partial charge in [-0.05, 0) is 32.9 Å². The van der Waals surface area contributed by atoms with E-state index in [1.54, 1.807) is 18.2 Å². The summed E-state index contributed by atoms with van der Waals surface area (Å²) in [6, 6.07) is 7.12. The van der Waals surface area contributed by atoms with E-state index >= 15 is 0 Å². The van der Waals surface area contributed by atoms with Crippen molar-refractivity contribution in [1.82, 2.24) is 9.78 Å². The maximum Gasteiger partial charge on any atom is 0.159 e. The summed E-state index contributed by atoms with van der Waals surface area (Å²) in [5.41, 5.74) is 2.28. The summed E-state index contributed by atoms with van der Waals surface area (Å²) in [4.78, 5) is 11.3. The summed E-state index contributed by atoms with van der Waals surface area (Å²) in [7, 11) is 0. The molecule has 1 aromatic carbocycles. The van der Waals surface area contributed by atoms with E-state index in [0.29, 0.717) is 22.9 Å². The highest BCUT2D eigenvalue weighted by molar-refractivity contribution is 6.31. The zero-order chi connectivity index (χ0) is 14.7. The quantitative estimate of drug-likeness (QED) is 0.790. The molecule has 5 heteroatoms. The maximum absolute atomic E-state index is 11.3. The van der Waals surface area contributed by atoms with Gasteiger partial charge in [0.15, 0.2) is 5.78 Å². The molecule has 4 nitrogen and oxygen atoms in total. The number of benzene rings is 1. The zero-order valence-corrected chi connectivity index (χ0v) is 12.6. The number of Topliss-reactive ketones (excluding diaryl/α,β-unsaturated/α-hetero) is 1. The van der Waals surface area contributed by atoms with Crippen molar-refractivity contribution >= 4 is 17.4 Å². The first-order valence-corrected chi connectivity index (χ1v) is 6.86. The molecule has 0 aliphatic heterocycles. The van der Waals surface area contributed by atoms with Crippen molar-refractivity contribution in [3.05, 3.63) is 46.2 Å². The number of carbonyl (C=O) groups is 1. The van der Waals surface area contributed by atoms with Crippen LogP contribution in [0.5, 0.6) is 5.75 Å². The molecule has 0 atom stereocenters. The summed E-state index contributed by atoms with van der Waals surface area (Å²) in [6.07, 6.45) is 0. The largest absolute Gasteiger partial charge is 0.487 e. The smallest absolute Gasteiger partial charge is 0.159 e. The Morgan fingerprint density at radius 2 is 2.20 bits per heavy atom. The van der Waals surface area contributed by atoms with Crippen LogP contribution in [0.2, 0.25) is 5.02 Å². The first kappa shape index (κ1) is 14.6. The molecule has 0 amide bonds. The second kappa shape index (κ2) is 6.09. The van der Waals surface area contributed by atoms with Crippen molar-refractivity contribution in [3.8, 4) is 5.75 Å². The van der Waals surface area contributed by atoms with Crippen molar-refractivity contribution in [2.24, 2.45) is 0 Å². The van der Waals surface area contributed by atoms with Crippen LogP contribution in [0.1, 0.15) is 35.6 Å². The molecule has 0 spiro atoms. The Morgan fingerprint density at radius 3 is 2.85 bits per heavy atom. The average molecular weight is 293 g/mol. The summed E-state index contributed by atoms with van der Waals surface area (Å²) < 4.78 is 7.55. The van der Waals surface area contributed by atoms with Gasteiger partial charge in [-0.15, -0.1) is 0 Å². The molecule has 0 saturated heterocycles. The van der Waals surface area contributed by atoms with Gasteiger partial charge in [-0.1, -0.05) is 23.7 Å². The van der Waals surface area contributed by atoms with Crippen molar-refractivity contribution in [2.45, 2.75) is 33.9 Å². The number of nitrogens with zero attached hydrogens (tertiary/aromatic N) is 2. The number of ketones is 1. The molecule has 2 rings (SSSR count). The average Bonchev–Trinajstić information content (AvgIpc) is 2.72. The van der Waals surface area contributed by atoms with Gasteiger partial charge in [0.25, 0.3) is 0 Å². The van der Waals surface area contributed by atoms with Crippen LogP contribution in [0.4, 0.5) is 0 Å². The molecule has 2 aromatic rings. The van der Waals surface area contributed by atoms with Gasteiger partial charge in [-0.3, -0.25) is 9.48 Å². The third-order valence-corrected chi connectivity index (χ3v) is 3.56. The Morgan fingerprint density at radius 1 is 1.45 bits per heavy atom. The van der Waals surface area contributed by atoms with Gasteiger partial charge in [0.05, 0.1) is 16.4 Å². The number of aromatic nitrogens is 2. The highest BCUT2D eigenvalue weighted by Gasteiger charge is 2.13. The molecule has 106 valence electrons. The standard InChI is InChI=1S/C15H17ClN2O2/c1-4-18-14(15(16)10(2)17-18)9-20-13-7-5-6-12(8-13)11(3)19/h5-8H,4,9H2,1-3H3. The first-order chi connectivity index (χ1) is 9.52. The fraction of sp³-hybridized carbons (Fsp3) is 0.333. The Kier molecular flexibility index (Phi) is 4.45. The van der Waals surface area contributed by atoms with E-state index in [2.05, 4.69) is 5.10 Å². The minimum Gasteiger partial charge on any atom is -0.487 e. The topological polar surface area (TPSA) is 44.1 Å². The molecular formula is C15H17ClN2O2. The predicted octanol–water partition coefficient (Wildman–Crippen LogP) is 3.65. The van der Waals surface area contributed by atoms with Crippen LogP contribution in [0, 0.1) is 6.92 Å². The van der Waals surface area contributed by atoms with Gasteiger partial charge in [-0.2, -0.15) is 5.10 Å². The number of ether oxygens (including phenoxy) is 1. The number of rotatable bonds is 5. The number of hydrogen-bond donors (Lipinski definition) is 0.